The van der Waals surface area contributed by atoms with Gasteiger partial charge in [-0.3, -0.25) is 4.90 Å². The Bertz CT molecular complexity index is 574. The Balaban J connectivity index is 0.00000121. The van der Waals surface area contributed by atoms with Gasteiger partial charge < -0.3 is 5.32 Å². The lowest BCUT2D eigenvalue weighted by Gasteiger charge is -2.35. The molecule has 2 heterocycles. The van der Waals surface area contributed by atoms with Gasteiger partial charge in [0.25, 0.3) is 0 Å². The van der Waals surface area contributed by atoms with Crippen LogP contribution in [0.1, 0.15) is 16.5 Å². The molecule has 0 spiro atoms. The van der Waals surface area contributed by atoms with E-state index < -0.39 is 0 Å². The summed E-state index contributed by atoms with van der Waals surface area (Å²) in [5, 5.41) is 5.95. The highest BCUT2D eigenvalue weighted by Gasteiger charge is 2.27. The van der Waals surface area contributed by atoms with Crippen molar-refractivity contribution in [3.05, 3.63) is 57.0 Å². The van der Waals surface area contributed by atoms with E-state index >= 15 is 0 Å². The van der Waals surface area contributed by atoms with Crippen molar-refractivity contribution in [2.24, 2.45) is 0 Å². The van der Waals surface area contributed by atoms with Crippen LogP contribution in [-0.4, -0.2) is 31.1 Å². The normalized spacial score (nSPS) is 16.5. The molecule has 0 unspecified atom stereocenters. The summed E-state index contributed by atoms with van der Waals surface area (Å²) in [5.41, 5.74) is 0.668. The van der Waals surface area contributed by atoms with Crippen molar-refractivity contribution in [2.45, 2.75) is 6.04 Å². The molecule has 1 aliphatic heterocycles. The number of halogens is 4. The Labute approximate surface area is 151 Å². The maximum atomic E-state index is 14.3. The first-order valence-electron chi connectivity index (χ1n) is 6.69. The minimum Gasteiger partial charge on any atom is -0.314 e. The maximum absolute atomic E-state index is 14.3. The standard InChI is InChI=1S/C15H16ClFN2S.2ClH/c16-11-3-4-13(17)12(10-11)15(14-2-1-9-20-14)19-7-5-18-6-8-19;;/h1-4,9-10,15,18H,5-8H2;2*1H/t15-;;/m0../s1. The fraction of sp³-hybridized carbons (Fsp3) is 0.333. The van der Waals surface area contributed by atoms with Gasteiger partial charge in [-0.25, -0.2) is 4.39 Å². The predicted octanol–water partition coefficient (Wildman–Crippen LogP) is 4.38. The summed E-state index contributed by atoms with van der Waals surface area (Å²) in [4.78, 5) is 3.48. The molecule has 122 valence electrons. The second kappa shape index (κ2) is 9.06. The zero-order valence-corrected chi connectivity index (χ0v) is 15.0. The molecular weight excluding hydrogens is 366 g/mol. The zero-order valence-electron chi connectivity index (χ0n) is 11.8. The highest BCUT2D eigenvalue weighted by atomic mass is 35.5. The van der Waals surface area contributed by atoms with E-state index in [1.54, 1.807) is 23.5 Å². The molecule has 1 N–H and O–H groups in total. The van der Waals surface area contributed by atoms with Gasteiger partial charge in [0.05, 0.1) is 6.04 Å². The lowest BCUT2D eigenvalue weighted by atomic mass is 10.0. The zero-order chi connectivity index (χ0) is 13.9. The molecule has 1 aromatic carbocycles. The minimum absolute atomic E-state index is 0. The van der Waals surface area contributed by atoms with Gasteiger partial charge in [-0.2, -0.15) is 0 Å². The molecule has 1 atom stereocenters. The van der Waals surface area contributed by atoms with Gasteiger partial charge in [-0.15, -0.1) is 36.2 Å². The van der Waals surface area contributed by atoms with E-state index in [1.807, 2.05) is 11.4 Å². The Morgan fingerprint density at radius 2 is 1.91 bits per heavy atom. The average molecular weight is 384 g/mol. The van der Waals surface area contributed by atoms with Crippen LogP contribution in [0.25, 0.3) is 0 Å². The first-order valence-corrected chi connectivity index (χ1v) is 7.94. The van der Waals surface area contributed by atoms with Crippen LogP contribution < -0.4 is 5.32 Å². The van der Waals surface area contributed by atoms with Crippen LogP contribution in [0, 0.1) is 5.82 Å². The molecule has 22 heavy (non-hydrogen) atoms. The molecule has 1 saturated heterocycles. The lowest BCUT2D eigenvalue weighted by molar-refractivity contribution is 0.197. The fourth-order valence-electron chi connectivity index (χ4n) is 2.64. The monoisotopic (exact) mass is 382 g/mol. The van der Waals surface area contributed by atoms with Gasteiger partial charge >= 0.3 is 0 Å². The summed E-state index contributed by atoms with van der Waals surface area (Å²) in [7, 11) is 0. The smallest absolute Gasteiger partial charge is 0.128 e. The van der Waals surface area contributed by atoms with Crippen LogP contribution in [0.5, 0.6) is 0 Å². The highest BCUT2D eigenvalue weighted by molar-refractivity contribution is 7.10. The summed E-state index contributed by atoms with van der Waals surface area (Å²) in [6, 6.07) is 8.85. The van der Waals surface area contributed by atoms with Gasteiger partial charge in [0, 0.05) is 41.6 Å². The van der Waals surface area contributed by atoms with Gasteiger partial charge in [0.15, 0.2) is 0 Å². The number of benzene rings is 1. The van der Waals surface area contributed by atoms with Crippen LogP contribution >= 0.6 is 47.8 Å². The second-order valence-electron chi connectivity index (χ2n) is 4.87. The van der Waals surface area contributed by atoms with Gasteiger partial charge in [-0.05, 0) is 29.6 Å². The molecule has 0 amide bonds. The minimum atomic E-state index is -0.189. The third kappa shape index (κ3) is 4.34. The van der Waals surface area contributed by atoms with Crippen LogP contribution in [0.4, 0.5) is 4.39 Å². The van der Waals surface area contributed by atoms with E-state index in [1.165, 1.54) is 6.07 Å². The molecule has 0 bridgehead atoms. The fourth-order valence-corrected chi connectivity index (χ4v) is 3.70. The third-order valence-electron chi connectivity index (χ3n) is 3.58. The van der Waals surface area contributed by atoms with Gasteiger partial charge in [0.2, 0.25) is 0 Å². The van der Waals surface area contributed by atoms with Crippen molar-refractivity contribution >= 4 is 47.8 Å². The molecule has 3 rings (SSSR count). The van der Waals surface area contributed by atoms with E-state index in [0.717, 1.165) is 31.1 Å². The number of piperazine rings is 1. The van der Waals surface area contributed by atoms with E-state index in [2.05, 4.69) is 16.3 Å². The maximum Gasteiger partial charge on any atom is 0.128 e. The van der Waals surface area contributed by atoms with Crippen molar-refractivity contribution in [2.75, 3.05) is 26.2 Å². The van der Waals surface area contributed by atoms with E-state index in [9.17, 15) is 4.39 Å². The predicted molar refractivity (Wildman–Crippen MR) is 96.5 cm³/mol. The van der Waals surface area contributed by atoms with E-state index in [4.69, 9.17) is 11.6 Å². The summed E-state index contributed by atoms with van der Waals surface area (Å²) in [5.74, 6) is -0.189. The number of nitrogens with zero attached hydrogens (tertiary/aromatic N) is 1. The number of rotatable bonds is 3. The molecule has 2 aromatic rings. The lowest BCUT2D eigenvalue weighted by Crippen LogP contribution is -2.45. The van der Waals surface area contributed by atoms with Gasteiger partial charge in [-0.1, -0.05) is 17.7 Å². The summed E-state index contributed by atoms with van der Waals surface area (Å²) in [6.45, 7) is 3.69. The van der Waals surface area contributed by atoms with Gasteiger partial charge in [0.1, 0.15) is 5.82 Å². The van der Waals surface area contributed by atoms with Crippen LogP contribution in [0.3, 0.4) is 0 Å². The Hall–Kier alpha value is -0.360. The highest BCUT2D eigenvalue weighted by Crippen LogP contribution is 2.34. The first-order chi connectivity index (χ1) is 9.75. The topological polar surface area (TPSA) is 15.3 Å². The second-order valence-corrected chi connectivity index (χ2v) is 6.29. The molecule has 1 aromatic heterocycles. The number of hydrogen-bond donors (Lipinski definition) is 1. The van der Waals surface area contributed by atoms with Crippen molar-refractivity contribution in [3.63, 3.8) is 0 Å². The van der Waals surface area contributed by atoms with Crippen LogP contribution in [-0.2, 0) is 0 Å². The van der Waals surface area contributed by atoms with Crippen molar-refractivity contribution in [1.29, 1.82) is 0 Å². The summed E-state index contributed by atoms with van der Waals surface area (Å²) < 4.78 is 14.3. The summed E-state index contributed by atoms with van der Waals surface area (Å²) in [6.07, 6.45) is 0. The van der Waals surface area contributed by atoms with E-state index in [0.29, 0.717) is 10.6 Å². The SMILES string of the molecule is Cl.Cl.Fc1ccc(Cl)cc1[C@@H](c1cccs1)N1CCNCC1. The van der Waals surface area contributed by atoms with Crippen LogP contribution in [0.2, 0.25) is 5.02 Å². The quantitative estimate of drug-likeness (QED) is 0.846. The molecule has 1 aliphatic rings. The van der Waals surface area contributed by atoms with Crippen molar-refractivity contribution < 1.29 is 4.39 Å². The molecule has 2 nitrogen and oxygen atoms in total. The van der Waals surface area contributed by atoms with E-state index in [-0.39, 0.29) is 36.7 Å². The number of nitrogens with one attached hydrogen (secondary N) is 1. The molecule has 0 radical (unpaired) electrons. The Morgan fingerprint density at radius 3 is 2.55 bits per heavy atom. The molecule has 1 fully saturated rings. The third-order valence-corrected chi connectivity index (χ3v) is 4.74. The molecule has 7 heteroatoms. The molecular formula is C15H18Cl3FN2S. The first kappa shape index (κ1) is 19.7. The number of hydrogen-bond acceptors (Lipinski definition) is 3. The molecule has 0 aliphatic carbocycles. The van der Waals surface area contributed by atoms with Crippen molar-refractivity contribution in [3.8, 4) is 0 Å². The van der Waals surface area contributed by atoms with Crippen molar-refractivity contribution in [1.82, 2.24) is 10.2 Å². The Morgan fingerprint density at radius 1 is 1.18 bits per heavy atom. The average Bonchev–Trinajstić information content (AvgIpc) is 2.98. The molecule has 0 saturated carbocycles. The Kier molecular flexibility index (Phi) is 8.11. The number of thiophene rings is 1. The van der Waals surface area contributed by atoms with Crippen LogP contribution in [0.15, 0.2) is 35.7 Å². The summed E-state index contributed by atoms with van der Waals surface area (Å²) >= 11 is 7.73. The largest absolute Gasteiger partial charge is 0.314 e.